The zero-order chi connectivity index (χ0) is 15.4. The van der Waals surface area contributed by atoms with Gasteiger partial charge in [-0.3, -0.25) is 14.9 Å². The number of halogens is 2. The Hall–Kier alpha value is -2.34. The normalized spacial score (nSPS) is 10.8. The standard InChI is InChI=1S/C15H9BrFNO3/c16-13-8-10(4-6-14(13)17)5-7-15(19)11-2-1-3-12(9-11)18(20)21/h1-9H/b7-5+. The number of hydrogen-bond acceptors (Lipinski definition) is 3. The Kier molecular flexibility index (Phi) is 4.59. The fourth-order valence-corrected chi connectivity index (χ4v) is 2.05. The highest BCUT2D eigenvalue weighted by molar-refractivity contribution is 9.10. The molecule has 0 amide bonds. The molecular formula is C15H9BrFNO3. The highest BCUT2D eigenvalue weighted by Crippen LogP contribution is 2.18. The van der Waals surface area contributed by atoms with Crippen LogP contribution in [0.15, 0.2) is 53.0 Å². The Balaban J connectivity index is 2.20. The molecule has 0 heterocycles. The molecule has 2 aromatic rings. The molecule has 106 valence electrons. The van der Waals surface area contributed by atoms with E-state index in [1.807, 2.05) is 0 Å². The van der Waals surface area contributed by atoms with Gasteiger partial charge in [-0.15, -0.1) is 0 Å². The van der Waals surface area contributed by atoms with Gasteiger partial charge >= 0.3 is 0 Å². The minimum absolute atomic E-state index is 0.140. The van der Waals surface area contributed by atoms with Crippen molar-refractivity contribution in [2.45, 2.75) is 0 Å². The number of nitro groups is 1. The fourth-order valence-electron chi connectivity index (χ4n) is 1.66. The van der Waals surface area contributed by atoms with Crippen molar-refractivity contribution < 1.29 is 14.1 Å². The summed E-state index contributed by atoms with van der Waals surface area (Å²) in [5, 5.41) is 10.7. The fraction of sp³-hybridized carbons (Fsp3) is 0. The predicted molar refractivity (Wildman–Crippen MR) is 80.6 cm³/mol. The van der Waals surface area contributed by atoms with Gasteiger partial charge in [-0.2, -0.15) is 0 Å². The van der Waals surface area contributed by atoms with Crippen molar-refractivity contribution in [2.24, 2.45) is 0 Å². The number of nitro benzene ring substituents is 1. The molecular weight excluding hydrogens is 341 g/mol. The van der Waals surface area contributed by atoms with Crippen LogP contribution in [0, 0.1) is 15.9 Å². The monoisotopic (exact) mass is 349 g/mol. The van der Waals surface area contributed by atoms with E-state index in [-0.39, 0.29) is 17.0 Å². The molecule has 6 heteroatoms. The van der Waals surface area contributed by atoms with E-state index >= 15 is 0 Å². The molecule has 0 N–H and O–H groups in total. The van der Waals surface area contributed by atoms with Crippen molar-refractivity contribution >= 4 is 33.5 Å². The van der Waals surface area contributed by atoms with Gasteiger partial charge in [0, 0.05) is 17.7 Å². The van der Waals surface area contributed by atoms with Crippen LogP contribution in [-0.4, -0.2) is 10.7 Å². The summed E-state index contributed by atoms with van der Waals surface area (Å²) < 4.78 is 13.4. The first-order valence-corrected chi connectivity index (χ1v) is 6.68. The van der Waals surface area contributed by atoms with Gasteiger partial charge in [0.2, 0.25) is 0 Å². The number of ketones is 1. The molecule has 0 spiro atoms. The maximum absolute atomic E-state index is 13.1. The number of carbonyl (C=O) groups excluding carboxylic acids is 1. The topological polar surface area (TPSA) is 60.2 Å². The SMILES string of the molecule is O=C(/C=C/c1ccc(F)c(Br)c1)c1cccc([N+](=O)[O-])c1. The van der Waals surface area contributed by atoms with Gasteiger partial charge in [-0.05, 0) is 39.7 Å². The molecule has 0 aliphatic heterocycles. The molecule has 0 bridgehead atoms. The van der Waals surface area contributed by atoms with Gasteiger partial charge in [-0.1, -0.05) is 24.3 Å². The van der Waals surface area contributed by atoms with Crippen LogP contribution in [0.3, 0.4) is 0 Å². The Labute approximate surface area is 128 Å². The lowest BCUT2D eigenvalue weighted by Gasteiger charge is -1.98. The van der Waals surface area contributed by atoms with Crippen molar-refractivity contribution in [3.05, 3.63) is 80.1 Å². The van der Waals surface area contributed by atoms with E-state index in [0.717, 1.165) is 0 Å². The Morgan fingerprint density at radius 2 is 2.00 bits per heavy atom. The lowest BCUT2D eigenvalue weighted by Crippen LogP contribution is -1.96. The number of hydrogen-bond donors (Lipinski definition) is 0. The third-order valence-electron chi connectivity index (χ3n) is 2.71. The van der Waals surface area contributed by atoms with Crippen molar-refractivity contribution in [3.63, 3.8) is 0 Å². The molecule has 0 saturated carbocycles. The van der Waals surface area contributed by atoms with Crippen molar-refractivity contribution in [1.82, 2.24) is 0 Å². The first kappa shape index (κ1) is 15.1. The summed E-state index contributed by atoms with van der Waals surface area (Å²) in [7, 11) is 0. The molecule has 2 rings (SSSR count). The molecule has 0 fully saturated rings. The lowest BCUT2D eigenvalue weighted by molar-refractivity contribution is -0.384. The average molecular weight is 350 g/mol. The molecule has 0 aliphatic carbocycles. The Bertz CT molecular complexity index is 743. The molecule has 0 aliphatic rings. The third kappa shape index (κ3) is 3.82. The number of allylic oxidation sites excluding steroid dienone is 1. The number of nitrogens with zero attached hydrogens (tertiary/aromatic N) is 1. The summed E-state index contributed by atoms with van der Waals surface area (Å²) in [6, 6.07) is 9.82. The second-order valence-corrected chi connectivity index (χ2v) is 5.03. The second kappa shape index (κ2) is 6.41. The van der Waals surface area contributed by atoms with Gasteiger partial charge in [0.25, 0.3) is 5.69 Å². The van der Waals surface area contributed by atoms with Crippen molar-refractivity contribution in [3.8, 4) is 0 Å². The number of rotatable bonds is 4. The highest BCUT2D eigenvalue weighted by Gasteiger charge is 2.09. The summed E-state index contributed by atoms with van der Waals surface area (Å²) >= 11 is 3.05. The third-order valence-corrected chi connectivity index (χ3v) is 3.32. The van der Waals surface area contributed by atoms with E-state index in [9.17, 15) is 19.3 Å². The first-order chi connectivity index (χ1) is 9.97. The molecule has 0 atom stereocenters. The van der Waals surface area contributed by atoms with Crippen LogP contribution in [0.1, 0.15) is 15.9 Å². The van der Waals surface area contributed by atoms with Gasteiger partial charge in [0.05, 0.1) is 9.40 Å². The molecule has 0 unspecified atom stereocenters. The molecule has 0 radical (unpaired) electrons. The zero-order valence-corrected chi connectivity index (χ0v) is 12.2. The average Bonchev–Trinajstić information content (AvgIpc) is 2.48. The van der Waals surface area contributed by atoms with Crippen molar-refractivity contribution in [2.75, 3.05) is 0 Å². The summed E-state index contributed by atoms with van der Waals surface area (Å²) in [6.45, 7) is 0. The van der Waals surface area contributed by atoms with Crippen LogP contribution < -0.4 is 0 Å². The quantitative estimate of drug-likeness (QED) is 0.356. The number of non-ortho nitro benzene ring substituents is 1. The van der Waals surface area contributed by atoms with E-state index in [0.29, 0.717) is 10.0 Å². The minimum atomic E-state index is -0.558. The Morgan fingerprint density at radius 3 is 2.67 bits per heavy atom. The molecule has 0 saturated heterocycles. The number of benzene rings is 2. The largest absolute Gasteiger partial charge is 0.289 e. The summed E-state index contributed by atoms with van der Waals surface area (Å²) in [5.74, 6) is -0.753. The molecule has 0 aromatic heterocycles. The van der Waals surface area contributed by atoms with E-state index in [1.54, 1.807) is 0 Å². The van der Waals surface area contributed by atoms with Crippen molar-refractivity contribution in [1.29, 1.82) is 0 Å². The maximum Gasteiger partial charge on any atom is 0.270 e. The zero-order valence-electron chi connectivity index (χ0n) is 10.6. The van der Waals surface area contributed by atoms with E-state index in [4.69, 9.17) is 0 Å². The summed E-state index contributed by atoms with van der Waals surface area (Å²) in [4.78, 5) is 22.1. The minimum Gasteiger partial charge on any atom is -0.289 e. The van der Waals surface area contributed by atoms with E-state index in [2.05, 4.69) is 15.9 Å². The highest BCUT2D eigenvalue weighted by atomic mass is 79.9. The molecule has 21 heavy (non-hydrogen) atoms. The van der Waals surface area contributed by atoms with E-state index < -0.39 is 10.7 Å². The molecule has 2 aromatic carbocycles. The van der Waals surface area contributed by atoms with Crippen LogP contribution >= 0.6 is 15.9 Å². The summed E-state index contributed by atoms with van der Waals surface area (Å²) in [6.07, 6.45) is 2.81. The van der Waals surface area contributed by atoms with Crippen LogP contribution in [0.4, 0.5) is 10.1 Å². The van der Waals surface area contributed by atoms with Gasteiger partial charge in [0.15, 0.2) is 5.78 Å². The first-order valence-electron chi connectivity index (χ1n) is 5.89. The molecule has 4 nitrogen and oxygen atoms in total. The van der Waals surface area contributed by atoms with Gasteiger partial charge in [0.1, 0.15) is 5.82 Å². The van der Waals surface area contributed by atoms with Crippen LogP contribution in [0.5, 0.6) is 0 Å². The van der Waals surface area contributed by atoms with Gasteiger partial charge in [-0.25, -0.2) is 4.39 Å². The van der Waals surface area contributed by atoms with Crippen LogP contribution in [0.25, 0.3) is 6.08 Å². The lowest BCUT2D eigenvalue weighted by atomic mass is 10.1. The smallest absolute Gasteiger partial charge is 0.270 e. The van der Waals surface area contributed by atoms with Crippen LogP contribution in [0.2, 0.25) is 0 Å². The predicted octanol–water partition coefficient (Wildman–Crippen LogP) is 4.39. The van der Waals surface area contributed by atoms with Gasteiger partial charge < -0.3 is 0 Å². The summed E-state index contributed by atoms with van der Waals surface area (Å²) in [5.41, 5.74) is 0.724. The number of carbonyl (C=O) groups is 1. The van der Waals surface area contributed by atoms with Crippen LogP contribution in [-0.2, 0) is 0 Å². The van der Waals surface area contributed by atoms with E-state index in [1.165, 1.54) is 54.6 Å². The second-order valence-electron chi connectivity index (χ2n) is 4.18. The maximum atomic E-state index is 13.1. The Morgan fingerprint density at radius 1 is 1.24 bits per heavy atom.